The van der Waals surface area contributed by atoms with E-state index < -0.39 is 0 Å². The molecule has 3 N–H and O–H groups in total. The number of hydrogen-bond donors (Lipinski definition) is 3. The highest BCUT2D eigenvalue weighted by molar-refractivity contribution is 4.92. The van der Waals surface area contributed by atoms with Gasteiger partial charge >= 0.3 is 0 Å². The molecule has 0 aromatic rings. The van der Waals surface area contributed by atoms with E-state index in [0.29, 0.717) is 24.2 Å². The summed E-state index contributed by atoms with van der Waals surface area (Å²) in [5, 5.41) is 7.46. The lowest BCUT2D eigenvalue weighted by atomic mass is 9.92. The SMILES string of the molecule is CC(C)N1CCC[C@H]1C1NC(C2CCNC(N3CCOCC3)C2)NO1. The Balaban J connectivity index is 1.32. The van der Waals surface area contributed by atoms with Gasteiger partial charge in [0.15, 0.2) is 0 Å². The van der Waals surface area contributed by atoms with Crippen molar-refractivity contribution < 1.29 is 9.57 Å². The molecule has 0 aromatic carbocycles. The van der Waals surface area contributed by atoms with Gasteiger partial charge in [-0.1, -0.05) is 0 Å². The van der Waals surface area contributed by atoms with E-state index in [2.05, 4.69) is 39.8 Å². The van der Waals surface area contributed by atoms with Crippen molar-refractivity contribution in [3.8, 4) is 0 Å². The molecule has 4 rings (SSSR count). The van der Waals surface area contributed by atoms with E-state index in [1.54, 1.807) is 0 Å². The summed E-state index contributed by atoms with van der Waals surface area (Å²) in [5.41, 5.74) is 3.33. The summed E-state index contributed by atoms with van der Waals surface area (Å²) in [7, 11) is 0. The summed E-state index contributed by atoms with van der Waals surface area (Å²) in [6.07, 6.45) is 5.73. The third-order valence-corrected chi connectivity index (χ3v) is 6.40. The lowest BCUT2D eigenvalue weighted by molar-refractivity contribution is -0.0324. The number of hydrogen-bond acceptors (Lipinski definition) is 7. The number of likely N-dealkylation sites (tertiary alicyclic amines) is 1. The van der Waals surface area contributed by atoms with Crippen LogP contribution in [0.4, 0.5) is 0 Å². The zero-order chi connectivity index (χ0) is 17.2. The normalized spacial score (nSPS) is 41.6. The fourth-order valence-electron chi connectivity index (χ4n) is 4.99. The summed E-state index contributed by atoms with van der Waals surface area (Å²) in [6, 6.07) is 1.08. The molecule has 25 heavy (non-hydrogen) atoms. The van der Waals surface area contributed by atoms with E-state index in [-0.39, 0.29) is 12.4 Å². The minimum Gasteiger partial charge on any atom is -0.379 e. The highest BCUT2D eigenvalue weighted by Crippen LogP contribution is 2.28. The molecule has 4 heterocycles. The molecule has 4 fully saturated rings. The van der Waals surface area contributed by atoms with Crippen molar-refractivity contribution in [3.63, 3.8) is 0 Å². The van der Waals surface area contributed by atoms with Gasteiger partial charge in [-0.2, -0.15) is 5.48 Å². The van der Waals surface area contributed by atoms with Crippen LogP contribution < -0.4 is 16.1 Å². The van der Waals surface area contributed by atoms with E-state index in [0.717, 1.165) is 32.8 Å². The van der Waals surface area contributed by atoms with Crippen LogP contribution in [0.25, 0.3) is 0 Å². The van der Waals surface area contributed by atoms with Crippen LogP contribution in [-0.2, 0) is 9.57 Å². The monoisotopic (exact) mass is 353 g/mol. The van der Waals surface area contributed by atoms with Crippen LogP contribution in [-0.4, -0.2) is 79.8 Å². The molecule has 5 atom stereocenters. The Morgan fingerprint density at radius 1 is 1.08 bits per heavy atom. The molecule has 0 amide bonds. The third kappa shape index (κ3) is 4.03. The first kappa shape index (κ1) is 18.1. The van der Waals surface area contributed by atoms with Gasteiger partial charge in [0.25, 0.3) is 0 Å². The molecule has 0 bridgehead atoms. The van der Waals surface area contributed by atoms with Crippen LogP contribution in [0.3, 0.4) is 0 Å². The van der Waals surface area contributed by atoms with Crippen LogP contribution >= 0.6 is 0 Å². The number of rotatable bonds is 4. The van der Waals surface area contributed by atoms with Gasteiger partial charge in [-0.05, 0) is 58.5 Å². The number of hydroxylamine groups is 1. The predicted octanol–water partition coefficient (Wildman–Crippen LogP) is 0.294. The molecule has 4 saturated heterocycles. The van der Waals surface area contributed by atoms with Crippen molar-refractivity contribution in [1.29, 1.82) is 0 Å². The van der Waals surface area contributed by atoms with Gasteiger partial charge < -0.3 is 10.1 Å². The van der Waals surface area contributed by atoms with Crippen molar-refractivity contribution in [1.82, 2.24) is 25.9 Å². The largest absolute Gasteiger partial charge is 0.379 e. The number of morpholine rings is 1. The second-order valence-electron chi connectivity index (χ2n) is 8.24. The summed E-state index contributed by atoms with van der Waals surface area (Å²) in [4.78, 5) is 11.1. The Kier molecular flexibility index (Phi) is 5.91. The van der Waals surface area contributed by atoms with E-state index in [1.807, 2.05) is 0 Å². The molecule has 4 aliphatic heterocycles. The fraction of sp³-hybridized carbons (Fsp3) is 1.00. The smallest absolute Gasteiger partial charge is 0.146 e. The van der Waals surface area contributed by atoms with Gasteiger partial charge in [-0.3, -0.25) is 20.0 Å². The van der Waals surface area contributed by atoms with Crippen LogP contribution in [0.5, 0.6) is 0 Å². The van der Waals surface area contributed by atoms with Crippen molar-refractivity contribution in [3.05, 3.63) is 0 Å². The van der Waals surface area contributed by atoms with Crippen LogP contribution in [0, 0.1) is 5.92 Å². The van der Waals surface area contributed by atoms with Crippen molar-refractivity contribution in [2.24, 2.45) is 5.92 Å². The number of nitrogens with zero attached hydrogens (tertiary/aromatic N) is 2. The minimum absolute atomic E-state index is 0.117. The maximum atomic E-state index is 6.01. The number of piperidine rings is 1. The molecular formula is C18H35N5O2. The van der Waals surface area contributed by atoms with Gasteiger partial charge in [-0.25, -0.2) is 0 Å². The Morgan fingerprint density at radius 3 is 2.72 bits per heavy atom. The van der Waals surface area contributed by atoms with Crippen molar-refractivity contribution in [2.45, 2.75) is 70.2 Å². The summed E-state index contributed by atoms with van der Waals surface area (Å²) < 4.78 is 5.50. The van der Waals surface area contributed by atoms with Crippen molar-refractivity contribution >= 4 is 0 Å². The van der Waals surface area contributed by atoms with E-state index in [4.69, 9.17) is 9.57 Å². The first-order valence-electron chi connectivity index (χ1n) is 10.2. The maximum absolute atomic E-state index is 6.01. The summed E-state index contributed by atoms with van der Waals surface area (Å²) in [5.74, 6) is 0.605. The van der Waals surface area contributed by atoms with Crippen LogP contribution in [0.2, 0.25) is 0 Å². The standard InChI is InChI=1S/C18H35N5O2/c1-13(2)23-7-3-4-15(23)18-20-17(21-25-18)14-5-6-19-16(12-14)22-8-10-24-11-9-22/h13-21H,3-12H2,1-2H3/t14?,15-,16?,17?,18?/m0/s1. The van der Waals surface area contributed by atoms with Gasteiger partial charge in [0.2, 0.25) is 0 Å². The number of ether oxygens (including phenoxy) is 1. The zero-order valence-electron chi connectivity index (χ0n) is 15.7. The first-order valence-corrected chi connectivity index (χ1v) is 10.2. The average molecular weight is 354 g/mol. The molecule has 0 radical (unpaired) electrons. The molecule has 7 heteroatoms. The van der Waals surface area contributed by atoms with E-state index in [9.17, 15) is 0 Å². The molecule has 144 valence electrons. The molecular weight excluding hydrogens is 318 g/mol. The molecule has 7 nitrogen and oxygen atoms in total. The highest BCUT2D eigenvalue weighted by Gasteiger charge is 2.41. The third-order valence-electron chi connectivity index (χ3n) is 6.40. The predicted molar refractivity (Wildman–Crippen MR) is 96.7 cm³/mol. The first-order chi connectivity index (χ1) is 12.2. The molecule has 0 aliphatic carbocycles. The molecule has 0 saturated carbocycles. The second-order valence-corrected chi connectivity index (χ2v) is 8.24. The Bertz CT molecular complexity index is 432. The lowest BCUT2D eigenvalue weighted by Crippen LogP contribution is -2.57. The summed E-state index contributed by atoms with van der Waals surface area (Å²) >= 11 is 0. The van der Waals surface area contributed by atoms with Gasteiger partial charge in [0, 0.05) is 19.1 Å². The van der Waals surface area contributed by atoms with Crippen LogP contribution in [0.15, 0.2) is 0 Å². The Hall–Kier alpha value is -0.280. The Morgan fingerprint density at radius 2 is 1.92 bits per heavy atom. The molecule has 0 aromatic heterocycles. The topological polar surface area (TPSA) is 61.0 Å². The molecule has 4 aliphatic rings. The maximum Gasteiger partial charge on any atom is 0.146 e. The highest BCUT2D eigenvalue weighted by atomic mass is 16.7. The minimum atomic E-state index is 0.117. The number of nitrogens with one attached hydrogen (secondary N) is 3. The molecule has 0 spiro atoms. The Labute approximate surface area is 151 Å². The van der Waals surface area contributed by atoms with Crippen LogP contribution in [0.1, 0.15) is 39.5 Å². The second kappa shape index (κ2) is 8.17. The molecule has 4 unspecified atom stereocenters. The van der Waals surface area contributed by atoms with Gasteiger partial charge in [0.1, 0.15) is 6.23 Å². The average Bonchev–Trinajstić information content (AvgIpc) is 3.32. The van der Waals surface area contributed by atoms with E-state index >= 15 is 0 Å². The zero-order valence-corrected chi connectivity index (χ0v) is 15.7. The van der Waals surface area contributed by atoms with Crippen molar-refractivity contribution in [2.75, 3.05) is 39.4 Å². The van der Waals surface area contributed by atoms with Gasteiger partial charge in [-0.15, -0.1) is 0 Å². The quantitative estimate of drug-likeness (QED) is 0.672. The lowest BCUT2D eigenvalue weighted by Gasteiger charge is -2.41. The summed E-state index contributed by atoms with van der Waals surface area (Å²) in [6.45, 7) is 10.7. The van der Waals surface area contributed by atoms with E-state index in [1.165, 1.54) is 32.2 Å². The fourth-order valence-corrected chi connectivity index (χ4v) is 4.99. The van der Waals surface area contributed by atoms with Gasteiger partial charge in [0.05, 0.1) is 31.6 Å².